The van der Waals surface area contributed by atoms with E-state index >= 15 is 0 Å². The van der Waals surface area contributed by atoms with E-state index in [9.17, 15) is 0 Å². The number of ether oxygens (including phenoxy) is 1. The number of rotatable bonds is 5. The molecule has 0 spiro atoms. The van der Waals surface area contributed by atoms with E-state index in [0.29, 0.717) is 11.8 Å². The molecule has 0 saturated heterocycles. The largest absolute Gasteiger partial charge is 0.455 e. The summed E-state index contributed by atoms with van der Waals surface area (Å²) in [5, 5.41) is 7.62. The predicted molar refractivity (Wildman–Crippen MR) is 173 cm³/mol. The van der Waals surface area contributed by atoms with E-state index in [0.717, 1.165) is 24.3 Å². The topological polar surface area (TPSA) is 13.1 Å². The van der Waals surface area contributed by atoms with Gasteiger partial charge in [0.15, 0.2) is 6.20 Å². The fourth-order valence-corrected chi connectivity index (χ4v) is 7.01. The van der Waals surface area contributed by atoms with E-state index in [2.05, 4.69) is 131 Å². The number of nitrogens with zero attached hydrogens (tertiary/aromatic N) is 1. The van der Waals surface area contributed by atoms with Gasteiger partial charge in [0.1, 0.15) is 18.5 Å². The monoisotopic (exact) mass is 536 g/mol. The highest BCUT2D eigenvalue weighted by Gasteiger charge is 2.34. The van der Waals surface area contributed by atoms with Crippen LogP contribution in [0.3, 0.4) is 0 Å². The van der Waals surface area contributed by atoms with Gasteiger partial charge >= 0.3 is 0 Å². The van der Waals surface area contributed by atoms with Crippen LogP contribution in [0, 0.1) is 18.8 Å². The fraction of sp³-hybridized carbons (Fsp3) is 0.256. The average molecular weight is 537 g/mol. The highest BCUT2D eigenvalue weighted by atomic mass is 16.5. The summed E-state index contributed by atoms with van der Waals surface area (Å²) >= 11 is 0. The second-order valence-electron chi connectivity index (χ2n) is 12.7. The maximum atomic E-state index is 7.06. The Hall–Kier alpha value is -4.17. The molecule has 0 fully saturated rings. The first kappa shape index (κ1) is 25.8. The van der Waals surface area contributed by atoms with Gasteiger partial charge in [0.25, 0.3) is 0 Å². The minimum atomic E-state index is 0.514. The van der Waals surface area contributed by atoms with Crippen LogP contribution in [0.4, 0.5) is 0 Å². The minimum Gasteiger partial charge on any atom is -0.455 e. The van der Waals surface area contributed by atoms with Crippen molar-refractivity contribution in [2.24, 2.45) is 18.9 Å². The Kier molecular flexibility index (Phi) is 6.12. The number of aryl methyl sites for hydroxylation is 2. The number of benzene rings is 5. The number of fused-ring (bicyclic) bond motifs is 5. The number of aromatic nitrogens is 1. The lowest BCUT2D eigenvalue weighted by Crippen LogP contribution is -2.32. The quantitative estimate of drug-likeness (QED) is 0.158. The third kappa shape index (κ3) is 4.11. The van der Waals surface area contributed by atoms with Crippen molar-refractivity contribution < 1.29 is 9.30 Å². The summed E-state index contributed by atoms with van der Waals surface area (Å²) in [5.74, 6) is 3.13. The van der Waals surface area contributed by atoms with Crippen molar-refractivity contribution >= 4 is 32.3 Å². The Bertz CT molecular complexity index is 1980. The molecule has 2 heterocycles. The van der Waals surface area contributed by atoms with E-state index in [1.165, 1.54) is 71.4 Å². The van der Waals surface area contributed by atoms with E-state index < -0.39 is 0 Å². The maximum absolute atomic E-state index is 7.06. The Morgan fingerprint density at radius 2 is 1.51 bits per heavy atom. The van der Waals surface area contributed by atoms with Gasteiger partial charge in [0, 0.05) is 17.0 Å². The van der Waals surface area contributed by atoms with Crippen LogP contribution in [0.1, 0.15) is 44.4 Å². The van der Waals surface area contributed by atoms with Crippen molar-refractivity contribution in [1.82, 2.24) is 0 Å². The lowest BCUT2D eigenvalue weighted by atomic mass is 9.84. The molecule has 2 heteroatoms. The van der Waals surface area contributed by atoms with Gasteiger partial charge in [-0.1, -0.05) is 94.4 Å². The first-order chi connectivity index (χ1) is 19.8. The van der Waals surface area contributed by atoms with Crippen molar-refractivity contribution in [1.29, 1.82) is 0 Å². The van der Waals surface area contributed by atoms with Crippen molar-refractivity contribution in [3.63, 3.8) is 0 Å². The summed E-state index contributed by atoms with van der Waals surface area (Å²) in [5.41, 5.74) is 9.03. The standard InChI is InChI=1S/C39H38NO/c1-23(2)19-26-15-16-30-32(21-26)25(5)35-38-37-31(17-18-40(38)6)36-28(13-10-14-29(36)27-11-8-7-9-12-27)22-34(37)41-39(35)33(30)20-24(3)4/h7-18,21-24H,19-20H2,1-6H3/q+1. The van der Waals surface area contributed by atoms with Gasteiger partial charge in [0.05, 0.1) is 10.9 Å². The Morgan fingerprint density at radius 1 is 0.732 bits per heavy atom. The van der Waals surface area contributed by atoms with Gasteiger partial charge in [-0.25, -0.2) is 4.57 Å². The van der Waals surface area contributed by atoms with E-state index in [-0.39, 0.29) is 0 Å². The molecule has 6 aromatic rings. The lowest BCUT2D eigenvalue weighted by Gasteiger charge is -2.27. The minimum absolute atomic E-state index is 0.514. The van der Waals surface area contributed by atoms with Crippen LogP contribution in [0.15, 0.2) is 85.1 Å². The molecule has 1 aromatic heterocycles. The molecule has 0 aliphatic carbocycles. The van der Waals surface area contributed by atoms with Crippen LogP contribution in [0.25, 0.3) is 54.7 Å². The van der Waals surface area contributed by atoms with Crippen LogP contribution < -0.4 is 9.30 Å². The summed E-state index contributed by atoms with van der Waals surface area (Å²) in [6.45, 7) is 11.5. The maximum Gasteiger partial charge on any atom is 0.228 e. The molecule has 0 atom stereocenters. The first-order valence-corrected chi connectivity index (χ1v) is 15.0. The highest BCUT2D eigenvalue weighted by Crippen LogP contribution is 2.53. The number of hydrogen-bond donors (Lipinski definition) is 0. The van der Waals surface area contributed by atoms with Gasteiger partial charge in [0.2, 0.25) is 5.69 Å². The number of pyridine rings is 1. The predicted octanol–water partition coefficient (Wildman–Crippen LogP) is 10.1. The molecule has 1 aliphatic rings. The molecule has 2 nitrogen and oxygen atoms in total. The van der Waals surface area contributed by atoms with Crippen molar-refractivity contribution in [3.8, 4) is 33.9 Å². The molecule has 41 heavy (non-hydrogen) atoms. The molecule has 1 aliphatic heterocycles. The summed E-state index contributed by atoms with van der Waals surface area (Å²) in [6.07, 6.45) is 4.30. The Labute approximate surface area is 243 Å². The normalized spacial score (nSPS) is 12.5. The SMILES string of the molecule is Cc1c2c(c(CC(C)C)c3ccc(CC(C)C)cc13)Oc1cc3cccc(-c4ccccc4)c3c3cc[n+](C)c-2c13. The smallest absolute Gasteiger partial charge is 0.228 e. The van der Waals surface area contributed by atoms with Crippen molar-refractivity contribution in [2.75, 3.05) is 0 Å². The second kappa shape index (κ2) is 9.73. The molecule has 204 valence electrons. The summed E-state index contributed by atoms with van der Waals surface area (Å²) in [6, 6.07) is 29.0. The van der Waals surface area contributed by atoms with Crippen LogP contribution >= 0.6 is 0 Å². The Morgan fingerprint density at radius 3 is 2.27 bits per heavy atom. The molecule has 7 rings (SSSR count). The lowest BCUT2D eigenvalue weighted by molar-refractivity contribution is -0.659. The molecule has 0 N–H and O–H groups in total. The van der Waals surface area contributed by atoms with Crippen LogP contribution in [0.5, 0.6) is 11.5 Å². The molecule has 5 aromatic carbocycles. The van der Waals surface area contributed by atoms with Crippen LogP contribution in [0.2, 0.25) is 0 Å². The van der Waals surface area contributed by atoms with Gasteiger partial charge in [-0.2, -0.15) is 0 Å². The van der Waals surface area contributed by atoms with Gasteiger partial charge in [-0.05, 0) is 81.5 Å². The summed E-state index contributed by atoms with van der Waals surface area (Å²) in [7, 11) is 2.18. The molecule has 0 unspecified atom stereocenters. The molecule has 0 saturated carbocycles. The highest BCUT2D eigenvalue weighted by molar-refractivity contribution is 6.20. The molecule has 0 bridgehead atoms. The molecular weight excluding hydrogens is 498 g/mol. The zero-order chi connectivity index (χ0) is 28.4. The number of hydrogen-bond acceptors (Lipinski definition) is 1. The van der Waals surface area contributed by atoms with Gasteiger partial charge in [-0.3, -0.25) is 0 Å². The second-order valence-corrected chi connectivity index (χ2v) is 12.7. The van der Waals surface area contributed by atoms with Gasteiger partial charge < -0.3 is 4.74 Å². The van der Waals surface area contributed by atoms with Crippen LogP contribution in [-0.2, 0) is 19.9 Å². The Balaban J connectivity index is 1.61. The zero-order valence-corrected chi connectivity index (χ0v) is 25.0. The zero-order valence-electron chi connectivity index (χ0n) is 25.0. The first-order valence-electron chi connectivity index (χ1n) is 15.0. The van der Waals surface area contributed by atoms with Crippen LogP contribution in [-0.4, -0.2) is 0 Å². The summed E-state index contributed by atoms with van der Waals surface area (Å²) in [4.78, 5) is 0. The fourth-order valence-electron chi connectivity index (χ4n) is 7.01. The van der Waals surface area contributed by atoms with E-state index in [1.54, 1.807) is 0 Å². The van der Waals surface area contributed by atoms with Crippen molar-refractivity contribution in [3.05, 3.63) is 102 Å². The van der Waals surface area contributed by atoms with E-state index in [4.69, 9.17) is 4.74 Å². The third-order valence-electron chi connectivity index (χ3n) is 8.70. The molecule has 0 amide bonds. The van der Waals surface area contributed by atoms with Crippen molar-refractivity contribution in [2.45, 2.75) is 47.5 Å². The van der Waals surface area contributed by atoms with E-state index in [1.807, 2.05) is 0 Å². The third-order valence-corrected chi connectivity index (χ3v) is 8.70. The van der Waals surface area contributed by atoms with Gasteiger partial charge in [-0.15, -0.1) is 0 Å². The summed E-state index contributed by atoms with van der Waals surface area (Å²) < 4.78 is 9.37. The molecule has 0 radical (unpaired) electrons. The average Bonchev–Trinajstić information content (AvgIpc) is 2.96. The molecular formula is C39H38NO+.